The molecule has 2 fully saturated rings. The van der Waals surface area contributed by atoms with Crippen molar-refractivity contribution in [2.75, 3.05) is 33.3 Å². The van der Waals surface area contributed by atoms with Crippen LogP contribution in [0.1, 0.15) is 25.7 Å². The van der Waals surface area contributed by atoms with Crippen LogP contribution in [-0.2, 0) is 14.9 Å². The Kier molecular flexibility index (Phi) is 4.97. The smallest absolute Gasteiger partial charge is 0.279 e. The maximum Gasteiger partial charge on any atom is 0.279 e. The average Bonchev–Trinajstić information content (AvgIpc) is 2.62. The summed E-state index contributed by atoms with van der Waals surface area (Å²) in [7, 11) is -1.75. The molecule has 2 aliphatic heterocycles. The van der Waals surface area contributed by atoms with Crippen LogP contribution in [0.15, 0.2) is 0 Å². The molecule has 0 aromatic rings. The van der Waals surface area contributed by atoms with E-state index in [9.17, 15) is 8.42 Å². The van der Waals surface area contributed by atoms with E-state index >= 15 is 0 Å². The molecular formula is C11H23N3O3S. The molecule has 2 saturated heterocycles. The predicted octanol–water partition coefficient (Wildman–Crippen LogP) is -0.316. The molecular weight excluding hydrogens is 254 g/mol. The van der Waals surface area contributed by atoms with Crippen molar-refractivity contribution in [2.45, 2.75) is 37.8 Å². The van der Waals surface area contributed by atoms with Gasteiger partial charge in [-0.3, -0.25) is 0 Å². The number of rotatable bonds is 4. The van der Waals surface area contributed by atoms with E-state index in [0.717, 1.165) is 25.7 Å². The molecule has 0 aromatic heterocycles. The lowest BCUT2D eigenvalue weighted by Crippen LogP contribution is -2.50. The van der Waals surface area contributed by atoms with Crippen molar-refractivity contribution in [3.05, 3.63) is 0 Å². The number of hydrogen-bond acceptors (Lipinski definition) is 4. The van der Waals surface area contributed by atoms with Crippen molar-refractivity contribution in [3.63, 3.8) is 0 Å². The molecule has 6 nitrogen and oxygen atoms in total. The van der Waals surface area contributed by atoms with E-state index in [-0.39, 0.29) is 12.1 Å². The van der Waals surface area contributed by atoms with Gasteiger partial charge in [-0.15, -0.1) is 0 Å². The molecule has 0 bridgehead atoms. The quantitative estimate of drug-likeness (QED) is 0.739. The fraction of sp³-hybridized carbons (Fsp3) is 1.00. The van der Waals surface area contributed by atoms with Gasteiger partial charge in [0.05, 0.1) is 12.1 Å². The first kappa shape index (κ1) is 14.2. The van der Waals surface area contributed by atoms with Gasteiger partial charge >= 0.3 is 0 Å². The largest absolute Gasteiger partial charge is 0.378 e. The van der Waals surface area contributed by atoms with Crippen molar-refractivity contribution in [3.8, 4) is 0 Å². The third kappa shape index (κ3) is 3.42. The molecule has 106 valence electrons. The molecule has 2 atom stereocenters. The number of ether oxygens (including phenoxy) is 1. The Hall–Kier alpha value is -0.210. The van der Waals surface area contributed by atoms with Gasteiger partial charge in [-0.2, -0.15) is 17.4 Å². The summed E-state index contributed by atoms with van der Waals surface area (Å²) >= 11 is 0. The van der Waals surface area contributed by atoms with E-state index in [1.807, 2.05) is 0 Å². The summed E-state index contributed by atoms with van der Waals surface area (Å²) in [6.45, 7) is 2.59. The number of methoxy groups -OCH3 is 1. The highest BCUT2D eigenvalue weighted by molar-refractivity contribution is 7.87. The van der Waals surface area contributed by atoms with Gasteiger partial charge in [-0.1, -0.05) is 12.8 Å². The van der Waals surface area contributed by atoms with Gasteiger partial charge in [0.25, 0.3) is 10.2 Å². The highest BCUT2D eigenvalue weighted by Gasteiger charge is 2.33. The highest BCUT2D eigenvalue weighted by Crippen LogP contribution is 2.14. The molecule has 2 heterocycles. The van der Waals surface area contributed by atoms with Crippen molar-refractivity contribution < 1.29 is 13.2 Å². The van der Waals surface area contributed by atoms with Gasteiger partial charge in [-0.05, 0) is 12.8 Å². The third-order valence-electron chi connectivity index (χ3n) is 3.67. The van der Waals surface area contributed by atoms with Crippen LogP contribution in [-0.4, -0.2) is 58.2 Å². The first-order valence-electron chi connectivity index (χ1n) is 6.64. The Balaban J connectivity index is 1.97. The van der Waals surface area contributed by atoms with Crippen LogP contribution < -0.4 is 10.0 Å². The van der Waals surface area contributed by atoms with E-state index in [1.165, 1.54) is 0 Å². The maximum absolute atomic E-state index is 12.3. The zero-order chi connectivity index (χ0) is 13.0. The Bertz CT molecular complexity index is 353. The predicted molar refractivity (Wildman–Crippen MR) is 69.6 cm³/mol. The molecule has 0 amide bonds. The number of nitrogens with zero attached hydrogens (tertiary/aromatic N) is 1. The zero-order valence-corrected chi connectivity index (χ0v) is 11.7. The zero-order valence-electron chi connectivity index (χ0n) is 10.9. The Morgan fingerprint density at radius 2 is 1.83 bits per heavy atom. The molecule has 1 unspecified atom stereocenters. The monoisotopic (exact) mass is 277 g/mol. The molecule has 2 aliphatic rings. The standard InChI is InChI=1S/C11H23N3O3S/c1-17-11-9-12-8-10(11)13-18(15,16)14-6-4-2-3-5-7-14/h10-13H,2-9H2,1H3/t10?,11-/m1/s1. The summed E-state index contributed by atoms with van der Waals surface area (Å²) in [6, 6.07) is -0.164. The average molecular weight is 277 g/mol. The van der Waals surface area contributed by atoms with Crippen LogP contribution in [0.2, 0.25) is 0 Å². The van der Waals surface area contributed by atoms with Gasteiger partial charge in [0.15, 0.2) is 0 Å². The second-order valence-corrected chi connectivity index (χ2v) is 6.68. The number of hydrogen-bond donors (Lipinski definition) is 2. The maximum atomic E-state index is 12.3. The molecule has 0 aromatic carbocycles. The summed E-state index contributed by atoms with van der Waals surface area (Å²) in [4.78, 5) is 0. The van der Waals surface area contributed by atoms with E-state index < -0.39 is 10.2 Å². The molecule has 7 heteroatoms. The third-order valence-corrected chi connectivity index (χ3v) is 5.31. The molecule has 0 aliphatic carbocycles. The molecule has 2 rings (SSSR count). The van der Waals surface area contributed by atoms with Crippen LogP contribution in [0.4, 0.5) is 0 Å². The summed E-state index contributed by atoms with van der Waals surface area (Å²) < 4.78 is 34.2. The SMILES string of the molecule is CO[C@@H]1CNCC1NS(=O)(=O)N1CCCCCC1. The topological polar surface area (TPSA) is 70.7 Å². The van der Waals surface area contributed by atoms with E-state index in [1.54, 1.807) is 11.4 Å². The van der Waals surface area contributed by atoms with Crippen molar-refractivity contribution in [2.24, 2.45) is 0 Å². The van der Waals surface area contributed by atoms with Crippen LogP contribution >= 0.6 is 0 Å². The van der Waals surface area contributed by atoms with Gasteiger partial charge in [0.2, 0.25) is 0 Å². The minimum Gasteiger partial charge on any atom is -0.378 e. The molecule has 0 saturated carbocycles. The van der Waals surface area contributed by atoms with Gasteiger partial charge in [-0.25, -0.2) is 0 Å². The van der Waals surface area contributed by atoms with Crippen molar-refractivity contribution >= 4 is 10.2 Å². The van der Waals surface area contributed by atoms with E-state index in [4.69, 9.17) is 4.74 Å². The molecule has 0 radical (unpaired) electrons. The Labute approximate surface area is 109 Å². The van der Waals surface area contributed by atoms with Crippen LogP contribution in [0.3, 0.4) is 0 Å². The first-order valence-corrected chi connectivity index (χ1v) is 8.08. The molecule has 2 N–H and O–H groups in total. The fourth-order valence-electron chi connectivity index (χ4n) is 2.57. The highest BCUT2D eigenvalue weighted by atomic mass is 32.2. The minimum atomic E-state index is -3.37. The lowest BCUT2D eigenvalue weighted by Gasteiger charge is -2.25. The Morgan fingerprint density at radius 1 is 1.17 bits per heavy atom. The van der Waals surface area contributed by atoms with Crippen LogP contribution in [0.25, 0.3) is 0 Å². The molecule has 0 spiro atoms. The first-order chi connectivity index (χ1) is 8.63. The molecule has 18 heavy (non-hydrogen) atoms. The van der Waals surface area contributed by atoms with E-state index in [0.29, 0.717) is 26.2 Å². The summed E-state index contributed by atoms with van der Waals surface area (Å²) in [5.74, 6) is 0. The lowest BCUT2D eigenvalue weighted by atomic mass is 10.2. The fourth-order valence-corrected chi connectivity index (χ4v) is 4.07. The number of nitrogens with one attached hydrogen (secondary N) is 2. The van der Waals surface area contributed by atoms with Crippen LogP contribution in [0.5, 0.6) is 0 Å². The minimum absolute atomic E-state index is 0.0771. The van der Waals surface area contributed by atoms with Gasteiger partial charge in [0, 0.05) is 33.3 Å². The van der Waals surface area contributed by atoms with Gasteiger partial charge < -0.3 is 10.1 Å². The van der Waals surface area contributed by atoms with Crippen molar-refractivity contribution in [1.82, 2.24) is 14.3 Å². The second-order valence-electron chi connectivity index (χ2n) is 4.98. The van der Waals surface area contributed by atoms with Crippen LogP contribution in [0, 0.1) is 0 Å². The van der Waals surface area contributed by atoms with E-state index in [2.05, 4.69) is 10.0 Å². The Morgan fingerprint density at radius 3 is 2.44 bits per heavy atom. The van der Waals surface area contributed by atoms with Crippen molar-refractivity contribution in [1.29, 1.82) is 0 Å². The second kappa shape index (κ2) is 6.29. The lowest BCUT2D eigenvalue weighted by molar-refractivity contribution is 0.102. The van der Waals surface area contributed by atoms with Gasteiger partial charge in [0.1, 0.15) is 0 Å². The summed E-state index contributed by atoms with van der Waals surface area (Å²) in [5, 5.41) is 3.14. The normalized spacial score (nSPS) is 31.4. The summed E-state index contributed by atoms with van der Waals surface area (Å²) in [6.07, 6.45) is 4.08. The summed E-state index contributed by atoms with van der Waals surface area (Å²) in [5.41, 5.74) is 0.